The number of nitrogens with zero attached hydrogens (tertiary/aromatic N) is 1. The van der Waals surface area contributed by atoms with Crippen LogP contribution in [0.2, 0.25) is 0 Å². The van der Waals surface area contributed by atoms with Gasteiger partial charge in [0.05, 0.1) is 21.1 Å². The van der Waals surface area contributed by atoms with Crippen LogP contribution in [-0.2, 0) is 4.79 Å². The summed E-state index contributed by atoms with van der Waals surface area (Å²) >= 11 is 0. The van der Waals surface area contributed by atoms with E-state index < -0.39 is 5.97 Å². The molecule has 0 aromatic carbocycles. The highest BCUT2D eigenvalue weighted by molar-refractivity contribution is 5.72. The molecule has 1 N–H and O–H groups in total. The third-order valence-electron chi connectivity index (χ3n) is 3.55. The number of quaternary nitrogens is 1. The molecule has 0 heterocycles. The van der Waals surface area contributed by atoms with E-state index >= 15 is 0 Å². The molecule has 1 unspecified atom stereocenters. The normalized spacial score (nSPS) is 13.6. The maximum atomic E-state index is 11.2. The van der Waals surface area contributed by atoms with Gasteiger partial charge < -0.3 is 9.59 Å². The number of hydrogen-bond donors (Lipinski definition) is 1. The average molecular weight is 258 g/mol. The fourth-order valence-electron chi connectivity index (χ4n) is 2.31. The molecule has 0 amide bonds. The van der Waals surface area contributed by atoms with Gasteiger partial charge in [-0.3, -0.25) is 0 Å². The topological polar surface area (TPSA) is 37.3 Å². The fraction of sp³-hybridized carbons (Fsp3) is 0.933. The first kappa shape index (κ1) is 17.4. The van der Waals surface area contributed by atoms with E-state index in [9.17, 15) is 9.90 Å². The Kier molecular flexibility index (Phi) is 9.08. The van der Waals surface area contributed by atoms with Gasteiger partial charge in [0, 0.05) is 6.42 Å². The number of unbranched alkanes of at least 4 members (excludes halogenated alkanes) is 7. The predicted octanol–water partition coefficient (Wildman–Crippen LogP) is 3.68. The van der Waals surface area contributed by atoms with Gasteiger partial charge >= 0.3 is 5.97 Å². The summed E-state index contributed by atoms with van der Waals surface area (Å²) in [6, 6.07) is -0.259. The molecule has 108 valence electrons. The summed E-state index contributed by atoms with van der Waals surface area (Å²) in [7, 11) is 5.89. The number of carboxylic acid groups (broad SMARTS) is 1. The molecule has 0 saturated carbocycles. The van der Waals surface area contributed by atoms with E-state index in [4.69, 9.17) is 0 Å². The molecule has 0 fully saturated rings. The molecule has 0 aromatic heterocycles. The quantitative estimate of drug-likeness (QED) is 0.453. The van der Waals surface area contributed by atoms with Crippen molar-refractivity contribution >= 4 is 5.97 Å². The van der Waals surface area contributed by atoms with Crippen LogP contribution in [0.15, 0.2) is 0 Å². The summed E-state index contributed by atoms with van der Waals surface area (Å²) in [5.41, 5.74) is 0. The lowest BCUT2D eigenvalue weighted by atomic mass is 10.0. The molecule has 3 heteroatoms. The zero-order chi connectivity index (χ0) is 14.0. The number of likely N-dealkylation sites (N-methyl/N-ethyl adjacent to an activating group) is 1. The van der Waals surface area contributed by atoms with Crippen LogP contribution in [0, 0.1) is 0 Å². The Bertz CT molecular complexity index is 221. The lowest BCUT2D eigenvalue weighted by Gasteiger charge is -2.31. The van der Waals surface area contributed by atoms with Crippen molar-refractivity contribution in [1.82, 2.24) is 0 Å². The second-order valence-corrected chi connectivity index (χ2v) is 6.23. The first-order valence-electron chi connectivity index (χ1n) is 7.43. The first-order valence-corrected chi connectivity index (χ1v) is 7.43. The minimum absolute atomic E-state index is 0.259. The van der Waals surface area contributed by atoms with Crippen LogP contribution in [0.5, 0.6) is 0 Å². The van der Waals surface area contributed by atoms with Crippen LogP contribution in [0.4, 0.5) is 0 Å². The molecule has 0 aliphatic heterocycles. The van der Waals surface area contributed by atoms with Crippen LogP contribution < -0.4 is 0 Å². The molecule has 1 atom stereocenters. The third kappa shape index (κ3) is 8.51. The summed E-state index contributed by atoms with van der Waals surface area (Å²) in [6.07, 6.45) is 10.9. The smallest absolute Gasteiger partial charge is 0.362 e. The molecule has 0 spiro atoms. The van der Waals surface area contributed by atoms with Gasteiger partial charge in [-0.15, -0.1) is 0 Å². The number of rotatable bonds is 11. The Morgan fingerprint density at radius 3 is 1.78 bits per heavy atom. The molecule has 3 nitrogen and oxygen atoms in total. The van der Waals surface area contributed by atoms with Gasteiger partial charge in [-0.25, -0.2) is 4.79 Å². The second-order valence-electron chi connectivity index (χ2n) is 6.23. The molecule has 0 saturated heterocycles. The monoisotopic (exact) mass is 258 g/mol. The predicted molar refractivity (Wildman–Crippen MR) is 76.7 cm³/mol. The zero-order valence-corrected chi connectivity index (χ0v) is 12.7. The summed E-state index contributed by atoms with van der Waals surface area (Å²) < 4.78 is 0.520. The minimum atomic E-state index is -0.662. The molecule has 0 aliphatic rings. The molecule has 0 rings (SSSR count). The van der Waals surface area contributed by atoms with E-state index in [0.29, 0.717) is 4.48 Å². The van der Waals surface area contributed by atoms with Gasteiger partial charge in [0.2, 0.25) is 0 Å². The van der Waals surface area contributed by atoms with Crippen LogP contribution >= 0.6 is 0 Å². The van der Waals surface area contributed by atoms with E-state index in [-0.39, 0.29) is 6.04 Å². The summed E-state index contributed by atoms with van der Waals surface area (Å²) in [4.78, 5) is 11.2. The molecule has 0 aromatic rings. The lowest BCUT2D eigenvalue weighted by molar-refractivity contribution is -0.887. The van der Waals surface area contributed by atoms with Crippen molar-refractivity contribution in [3.05, 3.63) is 0 Å². The van der Waals surface area contributed by atoms with E-state index in [0.717, 1.165) is 12.8 Å². The van der Waals surface area contributed by atoms with Crippen LogP contribution in [0.25, 0.3) is 0 Å². The molecular formula is C15H32NO2+. The third-order valence-corrected chi connectivity index (χ3v) is 3.55. The van der Waals surface area contributed by atoms with Crippen LogP contribution in [0.3, 0.4) is 0 Å². The molecule has 18 heavy (non-hydrogen) atoms. The van der Waals surface area contributed by atoms with Crippen molar-refractivity contribution < 1.29 is 14.4 Å². The van der Waals surface area contributed by atoms with Gasteiger partial charge in [0.15, 0.2) is 6.04 Å². The van der Waals surface area contributed by atoms with Crippen molar-refractivity contribution in [1.29, 1.82) is 0 Å². The summed E-state index contributed by atoms with van der Waals surface area (Å²) in [5, 5.41) is 9.19. The maximum absolute atomic E-state index is 11.2. The fourth-order valence-corrected chi connectivity index (χ4v) is 2.31. The highest BCUT2D eigenvalue weighted by Crippen LogP contribution is 2.15. The Morgan fingerprint density at radius 1 is 0.944 bits per heavy atom. The number of aliphatic carboxylic acids is 1. The maximum Gasteiger partial charge on any atom is 0.362 e. The number of carboxylic acids is 1. The SMILES string of the molecule is CCCCCCCCCCC(C(=O)O)[N+](C)(C)C. The highest BCUT2D eigenvalue weighted by atomic mass is 16.4. The van der Waals surface area contributed by atoms with Gasteiger partial charge in [-0.05, 0) is 6.42 Å². The second kappa shape index (κ2) is 9.37. The average Bonchev–Trinajstić information content (AvgIpc) is 2.24. The molecular weight excluding hydrogens is 226 g/mol. The standard InChI is InChI=1S/C15H31NO2/c1-5-6-7-8-9-10-11-12-13-14(15(17)18)16(2,3)4/h14H,5-13H2,1-4H3/p+1. The van der Waals surface area contributed by atoms with Crippen molar-refractivity contribution in [3.63, 3.8) is 0 Å². The minimum Gasteiger partial charge on any atom is -0.477 e. The van der Waals surface area contributed by atoms with E-state index in [1.54, 1.807) is 0 Å². The van der Waals surface area contributed by atoms with Crippen LogP contribution in [-0.4, -0.2) is 42.7 Å². The van der Waals surface area contributed by atoms with Gasteiger partial charge in [0.25, 0.3) is 0 Å². The Labute approximate surface area is 113 Å². The highest BCUT2D eigenvalue weighted by Gasteiger charge is 2.30. The van der Waals surface area contributed by atoms with E-state index in [1.165, 1.54) is 44.9 Å². The van der Waals surface area contributed by atoms with E-state index in [1.807, 2.05) is 21.1 Å². The largest absolute Gasteiger partial charge is 0.477 e. The summed E-state index contributed by atoms with van der Waals surface area (Å²) in [6.45, 7) is 2.23. The van der Waals surface area contributed by atoms with Crippen LogP contribution in [0.1, 0.15) is 64.7 Å². The number of carbonyl (C=O) groups is 1. The van der Waals surface area contributed by atoms with Gasteiger partial charge in [0.1, 0.15) is 0 Å². The van der Waals surface area contributed by atoms with E-state index in [2.05, 4.69) is 6.92 Å². The first-order chi connectivity index (χ1) is 8.39. The summed E-state index contributed by atoms with van der Waals surface area (Å²) in [5.74, 6) is -0.662. The Balaban J connectivity index is 3.60. The van der Waals surface area contributed by atoms with Crippen molar-refractivity contribution in [3.8, 4) is 0 Å². The molecule has 0 aliphatic carbocycles. The Morgan fingerprint density at radius 2 is 1.39 bits per heavy atom. The van der Waals surface area contributed by atoms with Crippen molar-refractivity contribution in [2.75, 3.05) is 21.1 Å². The molecule has 0 radical (unpaired) electrons. The van der Waals surface area contributed by atoms with Crippen molar-refractivity contribution in [2.45, 2.75) is 70.8 Å². The Hall–Kier alpha value is -0.570. The van der Waals surface area contributed by atoms with Gasteiger partial charge in [-0.2, -0.15) is 0 Å². The van der Waals surface area contributed by atoms with Crippen molar-refractivity contribution in [2.24, 2.45) is 0 Å². The molecule has 0 bridgehead atoms. The zero-order valence-electron chi connectivity index (χ0n) is 12.7. The number of hydrogen-bond acceptors (Lipinski definition) is 1. The lowest BCUT2D eigenvalue weighted by Crippen LogP contribution is -2.49. The van der Waals surface area contributed by atoms with Gasteiger partial charge in [-0.1, -0.05) is 51.9 Å².